The Kier molecular flexibility index (Phi) is 5.48. The fourth-order valence-corrected chi connectivity index (χ4v) is 1.44. The SMILES string of the molecule is COc1ccc(OC)c(NC(=O)NC(C)C(C)C)c1. The van der Waals surface area contributed by atoms with Crippen molar-refractivity contribution in [3.8, 4) is 11.5 Å². The van der Waals surface area contributed by atoms with Crippen LogP contribution in [0.1, 0.15) is 20.8 Å². The van der Waals surface area contributed by atoms with Crippen LogP contribution in [0.5, 0.6) is 11.5 Å². The minimum Gasteiger partial charge on any atom is -0.497 e. The molecule has 0 aromatic heterocycles. The number of rotatable bonds is 5. The van der Waals surface area contributed by atoms with Gasteiger partial charge in [-0.05, 0) is 25.0 Å². The highest BCUT2D eigenvalue weighted by molar-refractivity contribution is 5.91. The summed E-state index contributed by atoms with van der Waals surface area (Å²) in [5.74, 6) is 1.62. The van der Waals surface area contributed by atoms with Gasteiger partial charge in [-0.25, -0.2) is 4.79 Å². The minimum absolute atomic E-state index is 0.0941. The first-order valence-corrected chi connectivity index (χ1v) is 6.27. The van der Waals surface area contributed by atoms with Gasteiger partial charge in [0.15, 0.2) is 0 Å². The molecular formula is C14H22N2O3. The zero-order valence-electron chi connectivity index (χ0n) is 12.1. The normalized spacial score (nSPS) is 11.9. The molecule has 5 nitrogen and oxygen atoms in total. The molecule has 0 fully saturated rings. The molecule has 0 bridgehead atoms. The number of anilines is 1. The Morgan fingerprint density at radius 3 is 2.37 bits per heavy atom. The topological polar surface area (TPSA) is 59.6 Å². The molecule has 1 unspecified atom stereocenters. The smallest absolute Gasteiger partial charge is 0.319 e. The van der Waals surface area contributed by atoms with Gasteiger partial charge in [-0.1, -0.05) is 13.8 Å². The predicted octanol–water partition coefficient (Wildman–Crippen LogP) is 2.87. The Morgan fingerprint density at radius 1 is 1.16 bits per heavy atom. The molecule has 106 valence electrons. The van der Waals surface area contributed by atoms with E-state index in [4.69, 9.17) is 9.47 Å². The fourth-order valence-electron chi connectivity index (χ4n) is 1.44. The highest BCUT2D eigenvalue weighted by Gasteiger charge is 2.13. The van der Waals surface area contributed by atoms with E-state index < -0.39 is 0 Å². The summed E-state index contributed by atoms with van der Waals surface area (Å²) in [4.78, 5) is 11.9. The first kappa shape index (κ1) is 15.1. The van der Waals surface area contributed by atoms with Gasteiger partial charge < -0.3 is 20.1 Å². The number of carbonyl (C=O) groups is 1. The molecule has 0 heterocycles. The Hall–Kier alpha value is -1.91. The number of hydrogen-bond acceptors (Lipinski definition) is 3. The highest BCUT2D eigenvalue weighted by atomic mass is 16.5. The van der Waals surface area contributed by atoms with E-state index in [1.54, 1.807) is 32.4 Å². The van der Waals surface area contributed by atoms with Crippen LogP contribution in [-0.2, 0) is 0 Å². The lowest BCUT2D eigenvalue weighted by Gasteiger charge is -2.18. The second kappa shape index (κ2) is 6.87. The molecule has 5 heteroatoms. The second-order valence-corrected chi connectivity index (χ2v) is 4.70. The third-order valence-electron chi connectivity index (χ3n) is 3.01. The van der Waals surface area contributed by atoms with Crippen LogP contribution in [0.3, 0.4) is 0 Å². The number of benzene rings is 1. The summed E-state index contributed by atoms with van der Waals surface area (Å²) < 4.78 is 10.3. The summed E-state index contributed by atoms with van der Waals surface area (Å²) in [7, 11) is 3.13. The third kappa shape index (κ3) is 4.35. The Morgan fingerprint density at radius 2 is 1.84 bits per heavy atom. The third-order valence-corrected chi connectivity index (χ3v) is 3.01. The van der Waals surface area contributed by atoms with Crippen LogP contribution in [0.25, 0.3) is 0 Å². The van der Waals surface area contributed by atoms with Crippen molar-refractivity contribution < 1.29 is 14.3 Å². The second-order valence-electron chi connectivity index (χ2n) is 4.70. The maximum atomic E-state index is 11.9. The fraction of sp³-hybridized carbons (Fsp3) is 0.500. The molecule has 1 aromatic rings. The van der Waals surface area contributed by atoms with E-state index in [1.165, 1.54) is 0 Å². The van der Waals surface area contributed by atoms with E-state index in [-0.39, 0.29) is 12.1 Å². The van der Waals surface area contributed by atoms with Crippen molar-refractivity contribution in [2.45, 2.75) is 26.8 Å². The van der Waals surface area contributed by atoms with Gasteiger partial charge in [-0.3, -0.25) is 0 Å². The van der Waals surface area contributed by atoms with Crippen molar-refractivity contribution in [2.75, 3.05) is 19.5 Å². The monoisotopic (exact) mass is 266 g/mol. The van der Waals surface area contributed by atoms with Crippen LogP contribution in [-0.4, -0.2) is 26.3 Å². The lowest BCUT2D eigenvalue weighted by molar-refractivity contribution is 0.246. The van der Waals surface area contributed by atoms with Crippen molar-refractivity contribution in [3.05, 3.63) is 18.2 Å². The number of ether oxygens (including phenoxy) is 2. The van der Waals surface area contributed by atoms with Gasteiger partial charge in [-0.15, -0.1) is 0 Å². The van der Waals surface area contributed by atoms with Crippen LogP contribution in [0.2, 0.25) is 0 Å². The number of urea groups is 1. The molecule has 2 amide bonds. The molecule has 19 heavy (non-hydrogen) atoms. The van der Waals surface area contributed by atoms with Crippen LogP contribution < -0.4 is 20.1 Å². The van der Waals surface area contributed by atoms with E-state index in [0.29, 0.717) is 23.1 Å². The van der Waals surface area contributed by atoms with E-state index in [2.05, 4.69) is 24.5 Å². The molecule has 0 saturated carbocycles. The first-order valence-electron chi connectivity index (χ1n) is 6.27. The van der Waals surface area contributed by atoms with Gasteiger partial charge in [0.2, 0.25) is 0 Å². The predicted molar refractivity (Wildman–Crippen MR) is 76.0 cm³/mol. The minimum atomic E-state index is -0.257. The van der Waals surface area contributed by atoms with Gasteiger partial charge in [0.1, 0.15) is 11.5 Å². The quantitative estimate of drug-likeness (QED) is 0.861. The highest BCUT2D eigenvalue weighted by Crippen LogP contribution is 2.28. The maximum Gasteiger partial charge on any atom is 0.319 e. The number of amides is 2. The van der Waals surface area contributed by atoms with E-state index >= 15 is 0 Å². The first-order chi connectivity index (χ1) is 8.97. The number of nitrogens with one attached hydrogen (secondary N) is 2. The molecule has 1 atom stereocenters. The van der Waals surface area contributed by atoms with Gasteiger partial charge in [-0.2, -0.15) is 0 Å². The molecule has 1 rings (SSSR count). The molecule has 0 aliphatic carbocycles. The lowest BCUT2D eigenvalue weighted by atomic mass is 10.1. The van der Waals surface area contributed by atoms with E-state index in [9.17, 15) is 4.79 Å². The van der Waals surface area contributed by atoms with Crippen molar-refractivity contribution >= 4 is 11.7 Å². The van der Waals surface area contributed by atoms with Crippen molar-refractivity contribution in [3.63, 3.8) is 0 Å². The van der Waals surface area contributed by atoms with Gasteiger partial charge in [0, 0.05) is 12.1 Å². The number of carbonyl (C=O) groups excluding carboxylic acids is 1. The molecule has 0 aliphatic rings. The van der Waals surface area contributed by atoms with Gasteiger partial charge in [0.25, 0.3) is 0 Å². The summed E-state index contributed by atoms with van der Waals surface area (Å²) >= 11 is 0. The average molecular weight is 266 g/mol. The molecule has 1 aromatic carbocycles. The van der Waals surface area contributed by atoms with Crippen molar-refractivity contribution in [1.29, 1.82) is 0 Å². The van der Waals surface area contributed by atoms with Crippen molar-refractivity contribution in [2.24, 2.45) is 5.92 Å². The Balaban J connectivity index is 2.77. The Bertz CT molecular complexity index is 433. The van der Waals surface area contributed by atoms with Crippen LogP contribution in [0.4, 0.5) is 10.5 Å². The zero-order chi connectivity index (χ0) is 14.4. The summed E-state index contributed by atoms with van der Waals surface area (Å²) in [5, 5.41) is 5.64. The molecule has 0 spiro atoms. The zero-order valence-corrected chi connectivity index (χ0v) is 12.1. The summed E-state index contributed by atoms with van der Waals surface area (Å²) in [6.07, 6.45) is 0. The van der Waals surface area contributed by atoms with Gasteiger partial charge in [0.05, 0.1) is 19.9 Å². The van der Waals surface area contributed by atoms with Crippen LogP contribution in [0.15, 0.2) is 18.2 Å². The average Bonchev–Trinajstić information content (AvgIpc) is 2.38. The molecule has 0 radical (unpaired) electrons. The summed E-state index contributed by atoms with van der Waals surface area (Å²) in [6.45, 7) is 6.07. The van der Waals surface area contributed by atoms with Crippen LogP contribution in [0, 0.1) is 5.92 Å². The molecule has 2 N–H and O–H groups in total. The van der Waals surface area contributed by atoms with Crippen LogP contribution >= 0.6 is 0 Å². The standard InChI is InChI=1S/C14H22N2O3/c1-9(2)10(3)15-14(17)16-12-8-11(18-4)6-7-13(12)19-5/h6-10H,1-5H3,(H2,15,16,17). The summed E-state index contributed by atoms with van der Waals surface area (Å²) in [5.41, 5.74) is 0.579. The Labute approximate surface area is 114 Å². The molecule has 0 saturated heterocycles. The summed E-state index contributed by atoms with van der Waals surface area (Å²) in [6, 6.07) is 5.08. The molecule has 0 aliphatic heterocycles. The number of methoxy groups -OCH3 is 2. The maximum absolute atomic E-state index is 11.9. The molecular weight excluding hydrogens is 244 g/mol. The van der Waals surface area contributed by atoms with Gasteiger partial charge >= 0.3 is 6.03 Å². The lowest BCUT2D eigenvalue weighted by Crippen LogP contribution is -2.39. The van der Waals surface area contributed by atoms with E-state index in [0.717, 1.165) is 0 Å². The largest absolute Gasteiger partial charge is 0.497 e. The number of hydrogen-bond donors (Lipinski definition) is 2. The van der Waals surface area contributed by atoms with Crippen molar-refractivity contribution in [1.82, 2.24) is 5.32 Å². The van der Waals surface area contributed by atoms with E-state index in [1.807, 2.05) is 6.92 Å².